The lowest BCUT2D eigenvalue weighted by molar-refractivity contribution is -0.134. The zero-order chi connectivity index (χ0) is 16.9. The zero-order valence-corrected chi connectivity index (χ0v) is 16.3. The second-order valence-electron chi connectivity index (χ2n) is 6.84. The summed E-state index contributed by atoms with van der Waals surface area (Å²) in [4.78, 5) is 2.55. The Hall–Kier alpha value is -0.460. The number of benzene rings is 1. The van der Waals surface area contributed by atoms with Crippen LogP contribution in [0.1, 0.15) is 31.7 Å². The molecule has 0 bridgehead atoms. The molecule has 0 aromatic heterocycles. The lowest BCUT2D eigenvalue weighted by atomic mass is 9.84. The van der Waals surface area contributed by atoms with Crippen molar-refractivity contribution >= 4 is 15.9 Å². The van der Waals surface area contributed by atoms with Crippen molar-refractivity contribution < 1.29 is 9.47 Å². The van der Waals surface area contributed by atoms with Gasteiger partial charge in [0.25, 0.3) is 0 Å². The number of methoxy groups -OCH3 is 1. The number of hydrogen-bond donors (Lipinski definition) is 1. The van der Waals surface area contributed by atoms with Crippen LogP contribution < -0.4 is 5.32 Å². The van der Waals surface area contributed by atoms with Gasteiger partial charge in [-0.15, -0.1) is 0 Å². The van der Waals surface area contributed by atoms with Crippen LogP contribution in [0.4, 0.5) is 0 Å². The largest absolute Gasteiger partial charge is 0.377 e. The summed E-state index contributed by atoms with van der Waals surface area (Å²) in [5.41, 5.74) is 1.38. The molecule has 24 heavy (non-hydrogen) atoms. The van der Waals surface area contributed by atoms with E-state index in [0.717, 1.165) is 32.7 Å². The van der Waals surface area contributed by atoms with Gasteiger partial charge in [-0.2, -0.15) is 0 Å². The standard InChI is InChI=1S/C19H29BrN2O2/c1-3-24-18-12-17(19(18)23-2)21-15-8-10-22(11-9-15)13-14-6-4-5-7-16(14)20/h4-7,15,17-19,21H,3,8-13H2,1-2H3. The van der Waals surface area contributed by atoms with E-state index in [1.165, 1.54) is 22.9 Å². The molecular formula is C19H29BrN2O2. The molecule has 0 amide bonds. The molecule has 3 unspecified atom stereocenters. The summed E-state index contributed by atoms with van der Waals surface area (Å²) in [6, 6.07) is 9.58. The van der Waals surface area contributed by atoms with Gasteiger partial charge in [-0.3, -0.25) is 4.90 Å². The molecule has 3 atom stereocenters. The van der Waals surface area contributed by atoms with Crippen LogP contribution in [-0.4, -0.2) is 56.0 Å². The molecule has 3 rings (SSSR count). The molecule has 5 heteroatoms. The van der Waals surface area contributed by atoms with Crippen LogP contribution in [0.3, 0.4) is 0 Å². The Morgan fingerprint density at radius 3 is 2.67 bits per heavy atom. The van der Waals surface area contributed by atoms with Crippen molar-refractivity contribution in [2.75, 3.05) is 26.8 Å². The summed E-state index contributed by atoms with van der Waals surface area (Å²) >= 11 is 3.65. The number of ether oxygens (including phenoxy) is 2. The number of hydrogen-bond acceptors (Lipinski definition) is 4. The van der Waals surface area contributed by atoms with E-state index in [-0.39, 0.29) is 12.2 Å². The molecule has 0 spiro atoms. The SMILES string of the molecule is CCOC1CC(NC2CCN(Cc3ccccc3Br)CC2)C1OC. The molecule has 2 aliphatic rings. The van der Waals surface area contributed by atoms with E-state index < -0.39 is 0 Å². The molecule has 1 saturated carbocycles. The first-order valence-corrected chi connectivity index (χ1v) is 9.86. The van der Waals surface area contributed by atoms with Gasteiger partial charge in [0.15, 0.2) is 0 Å². The van der Waals surface area contributed by atoms with Crippen molar-refractivity contribution in [2.24, 2.45) is 0 Å². The highest BCUT2D eigenvalue weighted by molar-refractivity contribution is 9.10. The lowest BCUT2D eigenvalue weighted by Crippen LogP contribution is -2.62. The summed E-state index contributed by atoms with van der Waals surface area (Å²) in [5, 5.41) is 3.80. The summed E-state index contributed by atoms with van der Waals surface area (Å²) in [6.45, 7) is 6.15. The Morgan fingerprint density at radius 1 is 1.25 bits per heavy atom. The molecule has 1 heterocycles. The molecule has 1 aliphatic carbocycles. The fourth-order valence-electron chi connectivity index (χ4n) is 3.87. The van der Waals surface area contributed by atoms with Gasteiger partial charge in [-0.25, -0.2) is 0 Å². The Balaban J connectivity index is 1.42. The van der Waals surface area contributed by atoms with Crippen molar-refractivity contribution in [3.05, 3.63) is 34.3 Å². The topological polar surface area (TPSA) is 33.7 Å². The van der Waals surface area contributed by atoms with E-state index in [9.17, 15) is 0 Å². The summed E-state index contributed by atoms with van der Waals surface area (Å²) in [5.74, 6) is 0. The van der Waals surface area contributed by atoms with E-state index in [1.54, 1.807) is 7.11 Å². The highest BCUT2D eigenvalue weighted by Gasteiger charge is 2.43. The number of halogens is 1. The first-order valence-electron chi connectivity index (χ1n) is 9.07. The predicted molar refractivity (Wildman–Crippen MR) is 100 cm³/mol. The zero-order valence-electron chi connectivity index (χ0n) is 14.7. The molecule has 1 aliphatic heterocycles. The monoisotopic (exact) mass is 396 g/mol. The van der Waals surface area contributed by atoms with Gasteiger partial charge >= 0.3 is 0 Å². The molecular weight excluding hydrogens is 368 g/mol. The minimum atomic E-state index is 0.211. The van der Waals surface area contributed by atoms with Crippen molar-refractivity contribution in [2.45, 2.75) is 57.0 Å². The number of rotatable bonds is 7. The Kier molecular flexibility index (Phi) is 6.70. The van der Waals surface area contributed by atoms with Crippen LogP contribution in [0, 0.1) is 0 Å². The van der Waals surface area contributed by atoms with Gasteiger partial charge in [0.1, 0.15) is 0 Å². The fraction of sp³-hybridized carbons (Fsp3) is 0.684. The maximum atomic E-state index is 5.72. The van der Waals surface area contributed by atoms with Crippen LogP contribution in [0.15, 0.2) is 28.7 Å². The normalized spacial score (nSPS) is 28.7. The van der Waals surface area contributed by atoms with Gasteiger partial charge in [-0.1, -0.05) is 34.1 Å². The minimum absolute atomic E-state index is 0.211. The Labute approximate surface area is 154 Å². The quantitative estimate of drug-likeness (QED) is 0.766. The van der Waals surface area contributed by atoms with E-state index in [4.69, 9.17) is 9.47 Å². The summed E-state index contributed by atoms with van der Waals surface area (Å²) in [6.07, 6.45) is 3.97. The number of nitrogens with zero attached hydrogens (tertiary/aromatic N) is 1. The lowest BCUT2D eigenvalue weighted by Gasteiger charge is -2.46. The van der Waals surface area contributed by atoms with Gasteiger partial charge in [-0.05, 0) is 50.9 Å². The Morgan fingerprint density at radius 2 is 2.00 bits per heavy atom. The van der Waals surface area contributed by atoms with E-state index in [0.29, 0.717) is 12.1 Å². The van der Waals surface area contributed by atoms with Crippen LogP contribution in [-0.2, 0) is 16.0 Å². The van der Waals surface area contributed by atoms with E-state index in [2.05, 4.69) is 50.4 Å². The van der Waals surface area contributed by atoms with Crippen LogP contribution >= 0.6 is 15.9 Å². The third-order valence-corrected chi connectivity index (χ3v) is 6.06. The third-order valence-electron chi connectivity index (χ3n) is 5.29. The van der Waals surface area contributed by atoms with Crippen LogP contribution in [0.2, 0.25) is 0 Å². The average Bonchev–Trinajstić information content (AvgIpc) is 2.58. The molecule has 2 fully saturated rings. The maximum Gasteiger partial charge on any atom is 0.0986 e. The minimum Gasteiger partial charge on any atom is -0.377 e. The molecule has 1 saturated heterocycles. The van der Waals surface area contributed by atoms with Gasteiger partial charge in [0.05, 0.1) is 12.2 Å². The smallest absolute Gasteiger partial charge is 0.0986 e. The van der Waals surface area contributed by atoms with Crippen molar-refractivity contribution in [1.29, 1.82) is 0 Å². The second-order valence-corrected chi connectivity index (χ2v) is 7.70. The Bertz CT molecular complexity index is 520. The van der Waals surface area contributed by atoms with Crippen molar-refractivity contribution in [3.63, 3.8) is 0 Å². The first kappa shape index (κ1) is 18.3. The van der Waals surface area contributed by atoms with E-state index in [1.807, 2.05) is 6.92 Å². The van der Waals surface area contributed by atoms with Crippen molar-refractivity contribution in [1.82, 2.24) is 10.2 Å². The first-order chi connectivity index (χ1) is 11.7. The third kappa shape index (κ3) is 4.38. The molecule has 0 radical (unpaired) electrons. The molecule has 134 valence electrons. The maximum absolute atomic E-state index is 5.72. The molecule has 1 N–H and O–H groups in total. The van der Waals surface area contributed by atoms with E-state index >= 15 is 0 Å². The highest BCUT2D eigenvalue weighted by Crippen LogP contribution is 2.28. The van der Waals surface area contributed by atoms with Crippen LogP contribution in [0.5, 0.6) is 0 Å². The highest BCUT2D eigenvalue weighted by atomic mass is 79.9. The number of nitrogens with one attached hydrogen (secondary N) is 1. The number of piperidine rings is 1. The second kappa shape index (κ2) is 8.77. The molecule has 4 nitrogen and oxygen atoms in total. The predicted octanol–water partition coefficient (Wildman–Crippen LogP) is 3.20. The molecule has 1 aromatic rings. The van der Waals surface area contributed by atoms with Crippen LogP contribution in [0.25, 0.3) is 0 Å². The van der Waals surface area contributed by atoms with Gasteiger partial charge in [0.2, 0.25) is 0 Å². The summed E-state index contributed by atoms with van der Waals surface area (Å²) in [7, 11) is 1.80. The molecule has 1 aromatic carbocycles. The van der Waals surface area contributed by atoms with Gasteiger partial charge in [0, 0.05) is 36.8 Å². The fourth-order valence-corrected chi connectivity index (χ4v) is 4.28. The average molecular weight is 397 g/mol. The van der Waals surface area contributed by atoms with Crippen molar-refractivity contribution in [3.8, 4) is 0 Å². The summed E-state index contributed by atoms with van der Waals surface area (Å²) < 4.78 is 12.5. The van der Waals surface area contributed by atoms with Gasteiger partial charge < -0.3 is 14.8 Å². The number of likely N-dealkylation sites (tertiary alicyclic amines) is 1.